The van der Waals surface area contributed by atoms with Crippen LogP contribution in [0.25, 0.3) is 10.9 Å². The molecule has 1 saturated carbocycles. The van der Waals surface area contributed by atoms with Gasteiger partial charge in [-0.05, 0) is 55.9 Å². The summed E-state index contributed by atoms with van der Waals surface area (Å²) in [5, 5.41) is 11.7. The number of aromatic nitrogens is 1. The van der Waals surface area contributed by atoms with Crippen LogP contribution in [-0.4, -0.2) is 28.1 Å². The minimum Gasteiger partial charge on any atom is -0.512 e. The molecule has 0 saturated heterocycles. The number of nitrogens with zero attached hydrogens (tertiary/aromatic N) is 1. The van der Waals surface area contributed by atoms with Gasteiger partial charge < -0.3 is 10.1 Å². The highest BCUT2D eigenvalue weighted by atomic mass is 16.3. The van der Waals surface area contributed by atoms with Gasteiger partial charge in [-0.25, -0.2) is 0 Å². The number of H-pyrrole nitrogens is 1. The normalized spacial score (nSPS) is 19.9. The summed E-state index contributed by atoms with van der Waals surface area (Å²) in [6, 6.07) is 16.6. The van der Waals surface area contributed by atoms with Crippen LogP contribution in [0.1, 0.15) is 54.5 Å². The summed E-state index contributed by atoms with van der Waals surface area (Å²) in [6.45, 7) is 6.66. The molecule has 4 heteroatoms. The Balaban J connectivity index is 1.62. The summed E-state index contributed by atoms with van der Waals surface area (Å²) in [7, 11) is 0. The quantitative estimate of drug-likeness (QED) is 0.389. The van der Waals surface area contributed by atoms with Crippen LogP contribution in [0.2, 0.25) is 0 Å². The Hall–Kier alpha value is -3.14. The second-order valence-corrected chi connectivity index (χ2v) is 8.47. The average molecular weight is 415 g/mol. The number of benzene rings is 2. The van der Waals surface area contributed by atoms with Gasteiger partial charge in [0.15, 0.2) is 5.78 Å². The molecule has 0 bridgehead atoms. The van der Waals surface area contributed by atoms with Crippen LogP contribution in [0.4, 0.5) is 0 Å². The van der Waals surface area contributed by atoms with Gasteiger partial charge in [-0.15, -0.1) is 0 Å². The molecule has 4 rings (SSSR count). The van der Waals surface area contributed by atoms with Crippen LogP contribution < -0.4 is 0 Å². The molecule has 0 spiro atoms. The van der Waals surface area contributed by atoms with Crippen LogP contribution in [0.15, 0.2) is 64.9 Å². The first-order valence-corrected chi connectivity index (χ1v) is 11.1. The molecule has 31 heavy (non-hydrogen) atoms. The van der Waals surface area contributed by atoms with Crippen molar-refractivity contribution in [2.75, 3.05) is 6.54 Å². The van der Waals surface area contributed by atoms with Gasteiger partial charge in [0.2, 0.25) is 0 Å². The number of aliphatic hydroxyl groups is 1. The fourth-order valence-electron chi connectivity index (χ4n) is 4.62. The smallest absolute Gasteiger partial charge is 0.168 e. The third-order valence-electron chi connectivity index (χ3n) is 6.27. The molecule has 0 aliphatic heterocycles. The van der Waals surface area contributed by atoms with Gasteiger partial charge in [0.1, 0.15) is 5.76 Å². The van der Waals surface area contributed by atoms with E-state index in [1.165, 1.54) is 16.5 Å². The number of allylic oxidation sites excluding steroid dienone is 2. The highest BCUT2D eigenvalue weighted by molar-refractivity contribution is 6.24. The predicted molar refractivity (Wildman–Crippen MR) is 127 cm³/mol. The molecule has 1 aromatic heterocycles. The molecule has 1 aliphatic rings. The lowest BCUT2D eigenvalue weighted by Crippen LogP contribution is -2.27. The van der Waals surface area contributed by atoms with Crippen molar-refractivity contribution in [3.63, 3.8) is 0 Å². The van der Waals surface area contributed by atoms with E-state index in [2.05, 4.69) is 49.2 Å². The number of aliphatic hydroxyl groups excluding tert-OH is 1. The van der Waals surface area contributed by atoms with Crippen molar-refractivity contribution >= 4 is 22.4 Å². The number of rotatable bonds is 5. The highest BCUT2D eigenvalue weighted by Crippen LogP contribution is 2.33. The Morgan fingerprint density at radius 2 is 1.90 bits per heavy atom. The molecule has 1 fully saturated rings. The molecule has 4 nitrogen and oxygen atoms in total. The van der Waals surface area contributed by atoms with E-state index in [9.17, 15) is 9.90 Å². The number of aliphatic imine (C=N–C) groups is 1. The maximum atomic E-state index is 12.9. The molecule has 1 heterocycles. The van der Waals surface area contributed by atoms with Gasteiger partial charge >= 0.3 is 0 Å². The zero-order chi connectivity index (χ0) is 22.0. The van der Waals surface area contributed by atoms with Gasteiger partial charge in [-0.1, -0.05) is 48.9 Å². The number of hydrogen-bond donors (Lipinski definition) is 2. The summed E-state index contributed by atoms with van der Waals surface area (Å²) >= 11 is 0. The third-order valence-corrected chi connectivity index (χ3v) is 6.27. The number of nitrogens with one attached hydrogen (secondary N) is 1. The Kier molecular flexibility index (Phi) is 6.08. The molecule has 1 unspecified atom stereocenters. The second kappa shape index (κ2) is 8.93. The number of aryl methyl sites for hydroxylation is 2. The number of carbonyl (C=O) groups excluding carboxylic acids is 1. The van der Waals surface area contributed by atoms with Crippen molar-refractivity contribution in [1.29, 1.82) is 0 Å². The molecule has 2 N–H and O–H groups in total. The van der Waals surface area contributed by atoms with Crippen molar-refractivity contribution in [2.24, 2.45) is 4.99 Å². The van der Waals surface area contributed by atoms with E-state index < -0.39 is 0 Å². The van der Waals surface area contributed by atoms with E-state index in [0.717, 1.165) is 28.9 Å². The van der Waals surface area contributed by atoms with Crippen LogP contribution in [0, 0.1) is 13.8 Å². The van der Waals surface area contributed by atoms with Gasteiger partial charge in [0.25, 0.3) is 0 Å². The molecular formula is C27H30N2O2. The maximum Gasteiger partial charge on any atom is 0.168 e. The lowest BCUT2D eigenvalue weighted by molar-refractivity contribution is -0.115. The van der Waals surface area contributed by atoms with E-state index in [4.69, 9.17) is 4.99 Å². The molecular weight excluding hydrogens is 384 g/mol. The van der Waals surface area contributed by atoms with E-state index in [0.29, 0.717) is 31.4 Å². The standard InChI is InChI=1S/C27H30N2O2/c1-4-25(30)27-24(15-20(16-26(27)31)19-8-6-5-7-9-19)28-13-12-21-18(3)29-23-11-10-17(2)14-22(21)23/h5-11,14,20,29-30H,4,12-13,15-16H2,1-3H3. The monoisotopic (exact) mass is 414 g/mol. The Morgan fingerprint density at radius 1 is 1.13 bits per heavy atom. The van der Waals surface area contributed by atoms with Gasteiger partial charge in [-0.2, -0.15) is 0 Å². The van der Waals surface area contributed by atoms with Crippen molar-refractivity contribution in [3.05, 3.63) is 82.2 Å². The minimum absolute atomic E-state index is 0.00268. The molecule has 0 amide bonds. The number of aromatic amines is 1. The lowest BCUT2D eigenvalue weighted by Gasteiger charge is -2.26. The summed E-state index contributed by atoms with van der Waals surface area (Å²) < 4.78 is 0. The first kappa shape index (κ1) is 21.1. The molecule has 160 valence electrons. The van der Waals surface area contributed by atoms with Gasteiger partial charge in [0.05, 0.1) is 5.57 Å². The number of carbonyl (C=O) groups is 1. The molecule has 0 radical (unpaired) electrons. The van der Waals surface area contributed by atoms with Crippen LogP contribution in [0.3, 0.4) is 0 Å². The minimum atomic E-state index is -0.00268. The van der Waals surface area contributed by atoms with Crippen molar-refractivity contribution in [3.8, 4) is 0 Å². The number of Topliss-reactive ketones (excluding diaryl/α,β-unsaturated/α-hetero) is 1. The Labute approximate surface area is 183 Å². The van der Waals surface area contributed by atoms with E-state index in [-0.39, 0.29) is 17.5 Å². The van der Waals surface area contributed by atoms with Crippen molar-refractivity contribution in [2.45, 2.75) is 52.4 Å². The Bertz CT molecular complexity index is 1170. The molecule has 1 atom stereocenters. The summed E-state index contributed by atoms with van der Waals surface area (Å²) in [4.78, 5) is 21.3. The van der Waals surface area contributed by atoms with Crippen LogP contribution in [-0.2, 0) is 11.2 Å². The topological polar surface area (TPSA) is 65.4 Å². The van der Waals surface area contributed by atoms with E-state index in [1.807, 2.05) is 25.1 Å². The molecule has 1 aliphatic carbocycles. The van der Waals surface area contributed by atoms with Gasteiger partial charge in [0, 0.05) is 41.7 Å². The van der Waals surface area contributed by atoms with Crippen molar-refractivity contribution in [1.82, 2.24) is 4.98 Å². The fraction of sp³-hybridized carbons (Fsp3) is 0.333. The largest absolute Gasteiger partial charge is 0.512 e. The van der Waals surface area contributed by atoms with E-state index in [1.54, 1.807) is 0 Å². The third kappa shape index (κ3) is 4.34. The zero-order valence-electron chi connectivity index (χ0n) is 18.5. The molecule has 2 aromatic carbocycles. The fourth-order valence-corrected chi connectivity index (χ4v) is 4.62. The first-order valence-electron chi connectivity index (χ1n) is 11.1. The number of hydrogen-bond acceptors (Lipinski definition) is 3. The average Bonchev–Trinajstić information content (AvgIpc) is 3.08. The second-order valence-electron chi connectivity index (χ2n) is 8.47. The molecule has 3 aromatic rings. The summed E-state index contributed by atoms with van der Waals surface area (Å²) in [5.41, 5.74) is 7.17. The van der Waals surface area contributed by atoms with Crippen LogP contribution in [0.5, 0.6) is 0 Å². The summed E-state index contributed by atoms with van der Waals surface area (Å²) in [5.74, 6) is 0.268. The highest BCUT2D eigenvalue weighted by Gasteiger charge is 2.31. The SMILES string of the molecule is CCC(O)=C1C(=O)CC(c2ccccc2)CC1=NCCc1c(C)[nH]c2ccc(C)cc12. The van der Waals surface area contributed by atoms with Crippen LogP contribution >= 0.6 is 0 Å². The zero-order valence-corrected chi connectivity index (χ0v) is 18.5. The predicted octanol–water partition coefficient (Wildman–Crippen LogP) is 6.14. The number of fused-ring (bicyclic) bond motifs is 1. The van der Waals surface area contributed by atoms with Crippen molar-refractivity contribution < 1.29 is 9.90 Å². The Morgan fingerprint density at radius 3 is 2.65 bits per heavy atom. The maximum absolute atomic E-state index is 12.9. The number of ketones is 1. The summed E-state index contributed by atoms with van der Waals surface area (Å²) in [6.07, 6.45) is 2.34. The first-order chi connectivity index (χ1) is 15.0. The van der Waals surface area contributed by atoms with E-state index >= 15 is 0 Å². The van der Waals surface area contributed by atoms with Gasteiger partial charge in [-0.3, -0.25) is 9.79 Å². The lowest BCUT2D eigenvalue weighted by atomic mass is 9.79.